The van der Waals surface area contributed by atoms with Gasteiger partial charge in [-0.1, -0.05) is 164 Å². The molecule has 2 saturated carbocycles. The Bertz CT molecular complexity index is 4810. The molecule has 0 bridgehead atoms. The number of ketones is 2. The molecule has 7 amide bonds. The molecular formula is C102H141N11O18. The largest absolute Gasteiger partial charge is 0.461 e. The third-order valence-corrected chi connectivity index (χ3v) is 27.4. The Balaban J connectivity index is 0.518. The number of hydrogen-bond donors (Lipinski definition) is 7. The molecule has 6 aromatic rings. The van der Waals surface area contributed by atoms with Crippen molar-refractivity contribution < 1.29 is 85.8 Å². The van der Waals surface area contributed by atoms with E-state index in [1.807, 2.05) is 79.2 Å². The van der Waals surface area contributed by atoms with E-state index in [2.05, 4.69) is 83.5 Å². The second-order valence-corrected chi connectivity index (χ2v) is 37.0. The summed E-state index contributed by atoms with van der Waals surface area (Å²) in [7, 11) is 0. The summed E-state index contributed by atoms with van der Waals surface area (Å²) in [4.78, 5) is 137. The van der Waals surface area contributed by atoms with Crippen LogP contribution in [0.25, 0.3) is 22.5 Å². The van der Waals surface area contributed by atoms with E-state index < -0.39 is 35.2 Å². The number of Topliss-reactive ketones (excluding diaryl/α,β-unsaturated/α-hetero) is 2. The molecule has 29 heteroatoms. The molecule has 0 saturated heterocycles. The van der Waals surface area contributed by atoms with Crippen LogP contribution in [0.3, 0.4) is 0 Å². The predicted molar refractivity (Wildman–Crippen MR) is 500 cm³/mol. The van der Waals surface area contributed by atoms with E-state index in [9.17, 15) is 47.9 Å². The smallest absolute Gasteiger partial charge is 0.306 e. The highest BCUT2D eigenvalue weighted by Gasteiger charge is 2.56. The van der Waals surface area contributed by atoms with Gasteiger partial charge in [0.1, 0.15) is 18.1 Å². The van der Waals surface area contributed by atoms with Crippen molar-refractivity contribution in [2.45, 2.75) is 251 Å². The van der Waals surface area contributed by atoms with E-state index in [0.717, 1.165) is 116 Å². The minimum absolute atomic E-state index is 0.00651. The van der Waals surface area contributed by atoms with Crippen LogP contribution in [-0.4, -0.2) is 185 Å². The Labute approximate surface area is 772 Å². The van der Waals surface area contributed by atoms with Crippen LogP contribution in [0.15, 0.2) is 109 Å². The van der Waals surface area contributed by atoms with Crippen LogP contribution < -0.4 is 43.4 Å². The van der Waals surface area contributed by atoms with Crippen LogP contribution in [0.5, 0.6) is 0 Å². The number of imide groups is 1. The first-order valence-electron chi connectivity index (χ1n) is 47.8. The average molecular weight is 1810 g/mol. The van der Waals surface area contributed by atoms with Gasteiger partial charge in [-0.3, -0.25) is 53.3 Å². The number of rotatable bonds is 55. The lowest BCUT2D eigenvalue weighted by Gasteiger charge is -2.54. The van der Waals surface area contributed by atoms with Gasteiger partial charge in [0.05, 0.1) is 128 Å². The van der Waals surface area contributed by atoms with Crippen LogP contribution >= 0.6 is 0 Å². The number of nitrogens with zero attached hydrogens (tertiary/aromatic N) is 4. The quantitative estimate of drug-likeness (QED) is 0.00807. The summed E-state index contributed by atoms with van der Waals surface area (Å²) >= 11 is 0. The molecule has 0 spiro atoms. The number of aryl methyl sites for hydroxylation is 2. The number of benzene rings is 5. The number of nitrogens with one attached hydrogen (secondary N) is 4. The first kappa shape index (κ1) is 102. The Morgan fingerprint density at radius 1 is 0.588 bits per heavy atom. The Kier molecular flexibility index (Phi) is 39.3. The van der Waals surface area contributed by atoms with Gasteiger partial charge < -0.3 is 75.9 Å². The Hall–Kier alpha value is -9.98. The van der Waals surface area contributed by atoms with Crippen LogP contribution in [0.2, 0.25) is 0 Å². The summed E-state index contributed by atoms with van der Waals surface area (Å²) < 4.78 is 47.2. The van der Waals surface area contributed by atoms with Gasteiger partial charge >= 0.3 is 5.97 Å². The maximum absolute atomic E-state index is 14.7. The number of amides is 7. The fourth-order valence-electron chi connectivity index (χ4n) is 20.0. The first-order valence-corrected chi connectivity index (χ1v) is 47.8. The second-order valence-electron chi connectivity index (χ2n) is 37.0. The van der Waals surface area contributed by atoms with Gasteiger partial charge in [0.15, 0.2) is 5.78 Å². The molecular weight excluding hydrogens is 1670 g/mol. The fraction of sp³-hybridized carbons (Fsp3) is 0.588. The Morgan fingerprint density at radius 3 is 1.94 bits per heavy atom. The summed E-state index contributed by atoms with van der Waals surface area (Å²) in [6, 6.07) is 33.2. The lowest BCUT2D eigenvalue weighted by Crippen LogP contribution is -2.57. The molecule has 2 fully saturated rings. The third-order valence-electron chi connectivity index (χ3n) is 27.4. The number of para-hydroxylation sites is 1. The molecule has 9 atom stereocenters. The van der Waals surface area contributed by atoms with Crippen molar-refractivity contribution in [3.05, 3.63) is 148 Å². The number of hydrogen-bond acceptors (Lipinski definition) is 22. The lowest BCUT2D eigenvalue weighted by molar-refractivity contribution is -0.146. The number of carbonyl (C=O) groups is 10. The van der Waals surface area contributed by atoms with Gasteiger partial charge in [0.25, 0.3) is 0 Å². The number of unbranched alkanes of at least 4 members (excludes halogenated alkanes) is 4. The number of fused-ring (bicyclic) bond motifs is 11. The number of anilines is 3. The third kappa shape index (κ3) is 28.5. The zero-order valence-electron chi connectivity index (χ0n) is 77.9. The molecule has 4 aliphatic carbocycles. The van der Waals surface area contributed by atoms with Crippen molar-refractivity contribution in [2.24, 2.45) is 46.5 Å². The number of nitrogens with two attached hydrogens (primary N) is 3. The molecule has 5 aromatic carbocycles. The van der Waals surface area contributed by atoms with Crippen molar-refractivity contribution in [2.75, 3.05) is 115 Å². The summed E-state index contributed by atoms with van der Waals surface area (Å²) in [5.41, 5.74) is 29.3. The van der Waals surface area contributed by atoms with Crippen LogP contribution in [0, 0.1) is 35.0 Å². The standard InChI is InChI=1S/C102H141N11O18/c1-7-8-49-124-53-57-128-60-56-127-52-48-113-95-80-22-14-16-26-87(80)112(67-74-20-12-13-21-78(74)94(95)110-111-113)92(118)42-41-91(117)106-47-51-126-55-59-130-62-61-129-58-54-125-50-43-77(114)66-81(69(2)3)97(121)108-86(25-15-17-27-90(105)116)88(115)63-70-29-31-71(32-30-70)68-131-93(119)28-11-9-10-24-85(104)98(122)107-76-38-34-73-36-40-89-101(5,84(73)65-76)45-19-46-102(89,6)99(123)109-96(120)79-23-18-44-100(4)82(79)39-35-72-33-37-75(103)64-83(72)100/h12-14,16,20-22,26,29-34,37-38,64-65,69,79,81-82,85-86,89H,7-11,15,17-19,23-25,27-28,35-36,39-63,66-68,103-104H2,1-6H3,(H2,105,116)(H,106,117)(H,107,122)(H,108,121)(H,109,120,123)/t79?,81-,82-,85-,86-,89+,100-,101+,102-/m0/s1. The number of carbonyl (C=O) groups excluding carboxylic acids is 10. The maximum atomic E-state index is 14.7. The highest BCUT2D eigenvalue weighted by Crippen LogP contribution is 2.59. The van der Waals surface area contributed by atoms with Crippen molar-refractivity contribution in [3.8, 4) is 22.5 Å². The SMILES string of the molecule is CCCCOCCOCCOCCn1nnc2c1-c1ccccc1N(C(=O)CCC(=O)NCCOCCOCCOCCOCCC(=O)C[C@H](C(=O)N[C@@H](CCCCC(N)=O)C(=O)Cc1ccc(COC(=O)CCCCC[C@H](N)C(=O)Nc3ccc4c(c3)[C@@]3(C)CCC[C@](C)(C(=O)NC(=O)C5CCC[C@]6(C)c7cc(N)ccc7CC[C@@H]56)[C@@H]3CC4)cc1)C(C)C)Cc1ccccc1-2. The van der Waals surface area contributed by atoms with Crippen LogP contribution in [-0.2, 0) is 136 Å². The number of nitrogen functional groups attached to an aromatic ring is 1. The predicted octanol–water partition coefficient (Wildman–Crippen LogP) is 12.8. The molecule has 131 heavy (non-hydrogen) atoms. The van der Waals surface area contributed by atoms with Gasteiger partial charge in [0.2, 0.25) is 41.4 Å². The van der Waals surface area contributed by atoms with Crippen molar-refractivity contribution >= 4 is 75.9 Å². The molecule has 1 unspecified atom stereocenters. The average Bonchev–Trinajstić information content (AvgIpc) is 1.27. The molecule has 0 radical (unpaired) electrons. The highest BCUT2D eigenvalue weighted by molar-refractivity contribution is 6.02. The number of ether oxygens (including phenoxy) is 8. The van der Waals surface area contributed by atoms with E-state index in [4.69, 9.17) is 55.1 Å². The molecule has 5 aliphatic rings. The van der Waals surface area contributed by atoms with E-state index in [0.29, 0.717) is 134 Å². The van der Waals surface area contributed by atoms with Crippen LogP contribution in [0.1, 0.15) is 228 Å². The highest BCUT2D eigenvalue weighted by atomic mass is 16.6. The van der Waals surface area contributed by atoms with E-state index in [1.54, 1.807) is 29.2 Å². The second kappa shape index (κ2) is 50.8. The first-order chi connectivity index (χ1) is 63.3. The van der Waals surface area contributed by atoms with Crippen molar-refractivity contribution in [1.82, 2.24) is 30.9 Å². The molecule has 1 aliphatic heterocycles. The van der Waals surface area contributed by atoms with Crippen molar-refractivity contribution in [1.29, 1.82) is 0 Å². The number of primary amides is 1. The number of aromatic nitrogens is 3. The molecule has 29 nitrogen and oxygen atoms in total. The van der Waals surface area contributed by atoms with E-state index in [-0.39, 0.29) is 179 Å². The summed E-state index contributed by atoms with van der Waals surface area (Å²) in [6.45, 7) is 18.5. The zero-order chi connectivity index (χ0) is 93.3. The van der Waals surface area contributed by atoms with E-state index in [1.165, 1.54) is 16.7 Å². The van der Waals surface area contributed by atoms with Crippen LogP contribution in [0.4, 0.5) is 17.1 Å². The van der Waals surface area contributed by atoms with Gasteiger partial charge in [-0.05, 0) is 181 Å². The Morgan fingerprint density at radius 2 is 1.22 bits per heavy atom. The van der Waals surface area contributed by atoms with Gasteiger partial charge in [-0.15, -0.1) is 5.10 Å². The molecule has 712 valence electrons. The van der Waals surface area contributed by atoms with Crippen molar-refractivity contribution in [3.63, 3.8) is 0 Å². The fourth-order valence-corrected chi connectivity index (χ4v) is 20.0. The summed E-state index contributed by atoms with van der Waals surface area (Å²) in [5, 5.41) is 21.1. The summed E-state index contributed by atoms with van der Waals surface area (Å²) in [6.07, 6.45) is 14.2. The minimum Gasteiger partial charge on any atom is -0.461 e. The molecule has 10 N–H and O–H groups in total. The minimum atomic E-state index is -0.891. The lowest BCUT2D eigenvalue weighted by atomic mass is 9.49. The monoisotopic (exact) mass is 1810 g/mol. The molecule has 11 rings (SSSR count). The summed E-state index contributed by atoms with van der Waals surface area (Å²) in [5.74, 6) is -3.88. The van der Waals surface area contributed by atoms with Gasteiger partial charge in [-0.2, -0.15) is 0 Å². The van der Waals surface area contributed by atoms with Gasteiger partial charge in [-0.25, -0.2) is 4.68 Å². The van der Waals surface area contributed by atoms with Gasteiger partial charge in [0, 0.05) is 92.4 Å². The van der Waals surface area contributed by atoms with E-state index >= 15 is 0 Å². The maximum Gasteiger partial charge on any atom is 0.306 e. The molecule has 1 aromatic heterocycles. The normalized spacial score (nSPS) is 19.6. The molecule has 2 heterocycles. The topological polar surface area (TPSA) is 405 Å². The number of esters is 1. The zero-order valence-corrected chi connectivity index (χ0v) is 77.9.